The van der Waals surface area contributed by atoms with Crippen molar-refractivity contribution in [1.29, 1.82) is 0 Å². The van der Waals surface area contributed by atoms with E-state index in [0.717, 1.165) is 45.2 Å². The van der Waals surface area contributed by atoms with E-state index in [9.17, 15) is 13.5 Å². The molecule has 7 heteroatoms. The molecule has 1 N–H and O–H groups in total. The van der Waals surface area contributed by atoms with Gasteiger partial charge < -0.3 is 9.84 Å². The van der Waals surface area contributed by atoms with Crippen molar-refractivity contribution in [2.75, 3.05) is 45.9 Å². The van der Waals surface area contributed by atoms with Crippen molar-refractivity contribution >= 4 is 10.0 Å². The van der Waals surface area contributed by atoms with Gasteiger partial charge in [0.05, 0.1) is 24.1 Å². The molecule has 0 spiro atoms. The Morgan fingerprint density at radius 1 is 1.09 bits per heavy atom. The summed E-state index contributed by atoms with van der Waals surface area (Å²) in [6.45, 7) is 4.28. The third-order valence-corrected chi connectivity index (χ3v) is 7.60. The Morgan fingerprint density at radius 3 is 2.45 bits per heavy atom. The van der Waals surface area contributed by atoms with E-state index in [4.69, 9.17) is 4.74 Å². The molecule has 0 aromatic carbocycles. The molecule has 0 aromatic rings. The molecule has 2 heterocycles. The molecule has 1 saturated carbocycles. The molecule has 1 atom stereocenters. The van der Waals surface area contributed by atoms with Crippen molar-refractivity contribution in [2.24, 2.45) is 0 Å². The number of morpholine rings is 1. The number of β-amino-alcohol motifs (C(OH)–C–C–N with tert-alkyl or cyclic N) is 1. The third kappa shape index (κ3) is 3.64. The lowest BCUT2D eigenvalue weighted by atomic mass is 10.0. The van der Waals surface area contributed by atoms with E-state index in [2.05, 4.69) is 4.90 Å². The van der Waals surface area contributed by atoms with Crippen molar-refractivity contribution in [3.05, 3.63) is 0 Å². The van der Waals surface area contributed by atoms with Gasteiger partial charge in [-0.2, -0.15) is 4.31 Å². The van der Waals surface area contributed by atoms with Gasteiger partial charge in [-0.15, -0.1) is 0 Å². The molecule has 3 fully saturated rings. The van der Waals surface area contributed by atoms with E-state index in [1.807, 2.05) is 0 Å². The first-order chi connectivity index (χ1) is 10.5. The van der Waals surface area contributed by atoms with Gasteiger partial charge in [0.15, 0.2) is 0 Å². The standard InChI is InChI=1S/C15H28N2O4S/c18-15(12-16-8-10-21-11-9-16)6-7-17(13-15)22(19,20)14-4-2-1-3-5-14/h14,18H,1-13H2. The fraction of sp³-hybridized carbons (Fsp3) is 1.00. The van der Waals surface area contributed by atoms with Gasteiger partial charge in [0.2, 0.25) is 10.0 Å². The normalized spacial score (nSPS) is 33.3. The molecule has 3 rings (SSSR count). The molecule has 6 nitrogen and oxygen atoms in total. The molecule has 2 saturated heterocycles. The second kappa shape index (κ2) is 6.73. The Labute approximate surface area is 133 Å². The highest BCUT2D eigenvalue weighted by atomic mass is 32.2. The highest BCUT2D eigenvalue weighted by Crippen LogP contribution is 2.31. The molecule has 0 aromatic heterocycles. The lowest BCUT2D eigenvalue weighted by Crippen LogP contribution is -2.49. The van der Waals surface area contributed by atoms with E-state index in [0.29, 0.717) is 32.7 Å². The Hall–Kier alpha value is -0.210. The average molecular weight is 332 g/mol. The first kappa shape index (κ1) is 16.6. The fourth-order valence-corrected chi connectivity index (χ4v) is 6.03. The van der Waals surface area contributed by atoms with Crippen molar-refractivity contribution in [1.82, 2.24) is 9.21 Å². The van der Waals surface area contributed by atoms with Gasteiger partial charge in [0.25, 0.3) is 0 Å². The van der Waals surface area contributed by atoms with Crippen LogP contribution < -0.4 is 0 Å². The Morgan fingerprint density at radius 2 is 1.77 bits per heavy atom. The first-order valence-electron chi connectivity index (χ1n) is 8.51. The Bertz CT molecular complexity index is 472. The quantitative estimate of drug-likeness (QED) is 0.808. The van der Waals surface area contributed by atoms with Crippen molar-refractivity contribution in [3.63, 3.8) is 0 Å². The molecule has 2 aliphatic heterocycles. The van der Waals surface area contributed by atoms with E-state index < -0.39 is 15.6 Å². The largest absolute Gasteiger partial charge is 0.387 e. The van der Waals surface area contributed by atoms with Gasteiger partial charge in [-0.05, 0) is 19.3 Å². The van der Waals surface area contributed by atoms with Crippen molar-refractivity contribution in [3.8, 4) is 0 Å². The highest BCUT2D eigenvalue weighted by molar-refractivity contribution is 7.89. The summed E-state index contributed by atoms with van der Waals surface area (Å²) < 4.78 is 32.4. The predicted octanol–water partition coefficient (Wildman–Crippen LogP) is 0.418. The maximum atomic E-state index is 12.7. The smallest absolute Gasteiger partial charge is 0.217 e. The second-order valence-corrected chi connectivity index (χ2v) is 9.21. The zero-order valence-corrected chi connectivity index (χ0v) is 14.1. The zero-order valence-electron chi connectivity index (χ0n) is 13.2. The van der Waals surface area contributed by atoms with Crippen LogP contribution in [0.2, 0.25) is 0 Å². The predicted molar refractivity (Wildman–Crippen MR) is 84.2 cm³/mol. The molecule has 1 unspecified atom stereocenters. The number of nitrogens with zero attached hydrogens (tertiary/aromatic N) is 2. The first-order valence-corrected chi connectivity index (χ1v) is 10.0. The fourth-order valence-electron chi connectivity index (χ4n) is 3.91. The monoisotopic (exact) mass is 332 g/mol. The van der Waals surface area contributed by atoms with Gasteiger partial charge in [-0.25, -0.2) is 8.42 Å². The molecule has 3 aliphatic rings. The van der Waals surface area contributed by atoms with Gasteiger partial charge in [0, 0.05) is 32.7 Å². The molecule has 0 amide bonds. The van der Waals surface area contributed by atoms with Crippen LogP contribution in [0.3, 0.4) is 0 Å². The summed E-state index contributed by atoms with van der Waals surface area (Å²) in [4.78, 5) is 2.18. The summed E-state index contributed by atoms with van der Waals surface area (Å²) in [5, 5.41) is 10.6. The summed E-state index contributed by atoms with van der Waals surface area (Å²) in [5.41, 5.74) is -0.904. The zero-order chi connectivity index (χ0) is 15.6. The maximum absolute atomic E-state index is 12.7. The number of sulfonamides is 1. The van der Waals surface area contributed by atoms with Crippen LogP contribution in [0, 0.1) is 0 Å². The lowest BCUT2D eigenvalue weighted by molar-refractivity contribution is -0.0239. The minimum absolute atomic E-state index is 0.230. The second-order valence-electron chi connectivity index (χ2n) is 7.00. The summed E-state index contributed by atoms with van der Waals surface area (Å²) >= 11 is 0. The maximum Gasteiger partial charge on any atom is 0.217 e. The number of ether oxygens (including phenoxy) is 1. The van der Waals surface area contributed by atoms with Crippen LogP contribution in [-0.2, 0) is 14.8 Å². The highest BCUT2D eigenvalue weighted by Gasteiger charge is 2.44. The minimum Gasteiger partial charge on any atom is -0.387 e. The molecule has 1 aliphatic carbocycles. The third-order valence-electron chi connectivity index (χ3n) is 5.25. The topological polar surface area (TPSA) is 70.1 Å². The Balaban J connectivity index is 1.60. The summed E-state index contributed by atoms with van der Waals surface area (Å²) in [7, 11) is -3.24. The van der Waals surface area contributed by atoms with Crippen molar-refractivity contribution < 1.29 is 18.3 Å². The summed E-state index contributed by atoms with van der Waals surface area (Å²) in [5.74, 6) is 0. The van der Waals surface area contributed by atoms with Crippen LogP contribution in [0.4, 0.5) is 0 Å². The molecule has 128 valence electrons. The van der Waals surface area contributed by atoms with Crippen LogP contribution in [0.5, 0.6) is 0 Å². The van der Waals surface area contributed by atoms with Crippen molar-refractivity contribution in [2.45, 2.75) is 49.4 Å². The summed E-state index contributed by atoms with van der Waals surface area (Å²) in [6.07, 6.45) is 5.26. The molecule has 22 heavy (non-hydrogen) atoms. The van der Waals surface area contributed by atoms with E-state index in [1.165, 1.54) is 0 Å². The van der Waals surface area contributed by atoms with Gasteiger partial charge in [-0.3, -0.25) is 4.90 Å². The Kier molecular flexibility index (Phi) is 5.09. The van der Waals surface area contributed by atoms with Crippen LogP contribution in [0.25, 0.3) is 0 Å². The van der Waals surface area contributed by atoms with E-state index in [-0.39, 0.29) is 11.8 Å². The van der Waals surface area contributed by atoms with Gasteiger partial charge in [0.1, 0.15) is 0 Å². The van der Waals surface area contributed by atoms with Crippen LogP contribution in [-0.4, -0.2) is 79.5 Å². The van der Waals surface area contributed by atoms with E-state index >= 15 is 0 Å². The van der Waals surface area contributed by atoms with Crippen LogP contribution in [0.1, 0.15) is 38.5 Å². The lowest BCUT2D eigenvalue weighted by Gasteiger charge is -2.34. The number of rotatable bonds is 4. The number of aliphatic hydroxyl groups is 1. The summed E-state index contributed by atoms with van der Waals surface area (Å²) in [6, 6.07) is 0. The number of hydrogen-bond donors (Lipinski definition) is 1. The minimum atomic E-state index is -3.24. The molecular formula is C15H28N2O4S. The molecular weight excluding hydrogens is 304 g/mol. The van der Waals surface area contributed by atoms with Crippen LogP contribution in [0.15, 0.2) is 0 Å². The van der Waals surface area contributed by atoms with E-state index in [1.54, 1.807) is 4.31 Å². The van der Waals surface area contributed by atoms with Gasteiger partial charge >= 0.3 is 0 Å². The molecule has 0 radical (unpaired) electrons. The SMILES string of the molecule is O=S(=O)(C1CCCCC1)N1CCC(O)(CN2CCOCC2)C1. The number of hydrogen-bond acceptors (Lipinski definition) is 5. The van der Waals surface area contributed by atoms with Crippen LogP contribution >= 0.6 is 0 Å². The average Bonchev–Trinajstić information content (AvgIpc) is 2.92. The molecule has 0 bridgehead atoms. The van der Waals surface area contributed by atoms with Gasteiger partial charge in [-0.1, -0.05) is 19.3 Å².